The first kappa shape index (κ1) is 16.5. The van der Waals surface area contributed by atoms with Gasteiger partial charge in [0.2, 0.25) is 0 Å². The van der Waals surface area contributed by atoms with Crippen molar-refractivity contribution in [1.29, 1.82) is 0 Å². The normalized spacial score (nSPS) is 40.6. The molecular formula is C21H36O. The molecule has 3 rings (SSSR count). The lowest BCUT2D eigenvalue weighted by molar-refractivity contribution is -0.122. The van der Waals surface area contributed by atoms with Gasteiger partial charge >= 0.3 is 0 Å². The van der Waals surface area contributed by atoms with Crippen LogP contribution in [0.2, 0.25) is 0 Å². The molecule has 0 bridgehead atoms. The fourth-order valence-electron chi connectivity index (χ4n) is 5.90. The molecule has 3 aliphatic rings. The molecule has 1 unspecified atom stereocenters. The van der Waals surface area contributed by atoms with Gasteiger partial charge in [0.25, 0.3) is 0 Å². The smallest absolute Gasteiger partial charge is 0.133 e. The monoisotopic (exact) mass is 304 g/mol. The van der Waals surface area contributed by atoms with Gasteiger partial charge in [-0.1, -0.05) is 32.6 Å². The third-order valence-electron chi connectivity index (χ3n) is 7.26. The number of ketones is 1. The standard InChI is InChI=1S/C21H36O/c1-2-4-16-7-9-17(10-8-16)18-11-13-19(14-12-18)20-5-3-6-21(22)15-20/h16-20H,2-15H2,1H3. The molecule has 3 aliphatic carbocycles. The van der Waals surface area contributed by atoms with E-state index < -0.39 is 0 Å². The maximum Gasteiger partial charge on any atom is 0.133 e. The van der Waals surface area contributed by atoms with E-state index in [4.69, 9.17) is 0 Å². The summed E-state index contributed by atoms with van der Waals surface area (Å²) in [6, 6.07) is 0. The van der Waals surface area contributed by atoms with Gasteiger partial charge in [-0.15, -0.1) is 0 Å². The molecule has 22 heavy (non-hydrogen) atoms. The van der Waals surface area contributed by atoms with E-state index in [2.05, 4.69) is 6.92 Å². The Kier molecular flexibility index (Phi) is 5.99. The van der Waals surface area contributed by atoms with E-state index in [0.717, 1.165) is 42.4 Å². The molecule has 1 nitrogen and oxygen atoms in total. The average molecular weight is 305 g/mol. The molecule has 0 heterocycles. The van der Waals surface area contributed by atoms with Crippen LogP contribution in [0.5, 0.6) is 0 Å². The first-order valence-electron chi connectivity index (χ1n) is 10.3. The van der Waals surface area contributed by atoms with Crippen molar-refractivity contribution in [2.24, 2.45) is 29.6 Å². The summed E-state index contributed by atoms with van der Waals surface area (Å²) in [5.41, 5.74) is 0. The van der Waals surface area contributed by atoms with Crippen LogP contribution in [0, 0.1) is 29.6 Å². The molecule has 126 valence electrons. The van der Waals surface area contributed by atoms with Gasteiger partial charge in [-0.2, -0.15) is 0 Å². The zero-order valence-corrected chi connectivity index (χ0v) is 14.7. The van der Waals surface area contributed by atoms with Gasteiger partial charge in [-0.3, -0.25) is 4.79 Å². The second kappa shape index (κ2) is 7.97. The van der Waals surface area contributed by atoms with Crippen LogP contribution in [0.25, 0.3) is 0 Å². The predicted molar refractivity (Wildman–Crippen MR) is 92.8 cm³/mol. The fraction of sp³-hybridized carbons (Fsp3) is 0.952. The molecule has 1 heteroatoms. The van der Waals surface area contributed by atoms with E-state index in [0.29, 0.717) is 5.78 Å². The topological polar surface area (TPSA) is 17.1 Å². The third-order valence-corrected chi connectivity index (χ3v) is 7.26. The molecule has 3 saturated carbocycles. The maximum atomic E-state index is 11.7. The lowest BCUT2D eigenvalue weighted by Gasteiger charge is -2.40. The van der Waals surface area contributed by atoms with Gasteiger partial charge in [0, 0.05) is 12.8 Å². The van der Waals surface area contributed by atoms with Gasteiger partial charge in [0.1, 0.15) is 5.78 Å². The van der Waals surface area contributed by atoms with Gasteiger partial charge in [-0.05, 0) is 81.0 Å². The average Bonchev–Trinajstić information content (AvgIpc) is 2.56. The van der Waals surface area contributed by atoms with E-state index in [-0.39, 0.29) is 0 Å². The summed E-state index contributed by atoms with van der Waals surface area (Å²) in [5.74, 6) is 5.30. The van der Waals surface area contributed by atoms with Gasteiger partial charge < -0.3 is 0 Å². The number of carbonyl (C=O) groups excluding carboxylic acids is 1. The summed E-state index contributed by atoms with van der Waals surface area (Å²) < 4.78 is 0. The van der Waals surface area contributed by atoms with Crippen molar-refractivity contribution in [3.8, 4) is 0 Å². The number of carbonyl (C=O) groups is 1. The van der Waals surface area contributed by atoms with Gasteiger partial charge in [0.15, 0.2) is 0 Å². The lowest BCUT2D eigenvalue weighted by atomic mass is 9.65. The molecule has 0 aromatic heterocycles. The van der Waals surface area contributed by atoms with Gasteiger partial charge in [-0.25, -0.2) is 0 Å². The Bertz CT molecular complexity index is 345. The van der Waals surface area contributed by atoms with Crippen LogP contribution in [-0.4, -0.2) is 5.78 Å². The van der Waals surface area contributed by atoms with Crippen molar-refractivity contribution in [3.63, 3.8) is 0 Å². The van der Waals surface area contributed by atoms with E-state index >= 15 is 0 Å². The molecule has 0 radical (unpaired) electrons. The second-order valence-electron chi connectivity index (χ2n) is 8.64. The highest BCUT2D eigenvalue weighted by molar-refractivity contribution is 5.79. The molecular weight excluding hydrogens is 268 g/mol. The highest BCUT2D eigenvalue weighted by Crippen LogP contribution is 2.45. The zero-order valence-electron chi connectivity index (χ0n) is 14.7. The van der Waals surface area contributed by atoms with Crippen molar-refractivity contribution in [2.45, 2.75) is 96.8 Å². The van der Waals surface area contributed by atoms with E-state index in [1.165, 1.54) is 77.0 Å². The summed E-state index contributed by atoms with van der Waals surface area (Å²) >= 11 is 0. The summed E-state index contributed by atoms with van der Waals surface area (Å²) in [5, 5.41) is 0. The Morgan fingerprint density at radius 3 is 1.86 bits per heavy atom. The summed E-state index contributed by atoms with van der Waals surface area (Å²) in [6.45, 7) is 2.34. The van der Waals surface area contributed by atoms with Crippen molar-refractivity contribution >= 4 is 5.78 Å². The van der Waals surface area contributed by atoms with Crippen LogP contribution < -0.4 is 0 Å². The van der Waals surface area contributed by atoms with Crippen LogP contribution in [0.15, 0.2) is 0 Å². The molecule has 0 N–H and O–H groups in total. The molecule has 1 atom stereocenters. The van der Waals surface area contributed by atoms with E-state index in [9.17, 15) is 4.79 Å². The Morgan fingerprint density at radius 1 is 0.773 bits per heavy atom. The molecule has 3 fully saturated rings. The Morgan fingerprint density at radius 2 is 1.32 bits per heavy atom. The van der Waals surface area contributed by atoms with Crippen LogP contribution in [0.1, 0.15) is 96.8 Å². The highest BCUT2D eigenvalue weighted by Gasteiger charge is 2.34. The summed E-state index contributed by atoms with van der Waals surface area (Å²) in [7, 11) is 0. The van der Waals surface area contributed by atoms with Gasteiger partial charge in [0.05, 0.1) is 0 Å². The highest BCUT2D eigenvalue weighted by atomic mass is 16.1. The minimum atomic E-state index is 0.549. The summed E-state index contributed by atoms with van der Waals surface area (Å²) in [6.07, 6.45) is 19.0. The number of Topliss-reactive ketones (excluding diaryl/α,β-unsaturated/α-hetero) is 1. The van der Waals surface area contributed by atoms with Crippen LogP contribution in [-0.2, 0) is 4.79 Å². The largest absolute Gasteiger partial charge is 0.300 e. The second-order valence-corrected chi connectivity index (χ2v) is 8.64. The molecule has 0 aromatic carbocycles. The molecule has 0 spiro atoms. The molecule has 0 amide bonds. The number of hydrogen-bond donors (Lipinski definition) is 0. The fourth-order valence-corrected chi connectivity index (χ4v) is 5.90. The van der Waals surface area contributed by atoms with Crippen molar-refractivity contribution in [3.05, 3.63) is 0 Å². The van der Waals surface area contributed by atoms with Crippen molar-refractivity contribution < 1.29 is 4.79 Å². The van der Waals surface area contributed by atoms with E-state index in [1.54, 1.807) is 0 Å². The van der Waals surface area contributed by atoms with Crippen molar-refractivity contribution in [2.75, 3.05) is 0 Å². The Labute approximate surface area is 137 Å². The van der Waals surface area contributed by atoms with Crippen LogP contribution in [0.3, 0.4) is 0 Å². The van der Waals surface area contributed by atoms with Crippen LogP contribution in [0.4, 0.5) is 0 Å². The number of hydrogen-bond acceptors (Lipinski definition) is 1. The molecule has 0 saturated heterocycles. The Hall–Kier alpha value is -0.330. The first-order chi connectivity index (χ1) is 10.8. The minimum Gasteiger partial charge on any atom is -0.300 e. The SMILES string of the molecule is CCCC1CCC(C2CCC(C3CCCC(=O)C3)CC2)CC1. The quantitative estimate of drug-likeness (QED) is 0.608. The number of rotatable bonds is 4. The third kappa shape index (κ3) is 4.15. The summed E-state index contributed by atoms with van der Waals surface area (Å²) in [4.78, 5) is 11.7. The lowest BCUT2D eigenvalue weighted by Crippen LogP contribution is -2.30. The maximum absolute atomic E-state index is 11.7. The molecule has 0 aromatic rings. The van der Waals surface area contributed by atoms with Crippen molar-refractivity contribution in [1.82, 2.24) is 0 Å². The zero-order chi connectivity index (χ0) is 15.4. The first-order valence-corrected chi connectivity index (χ1v) is 10.3. The predicted octanol–water partition coefficient (Wildman–Crippen LogP) is 6.16. The van der Waals surface area contributed by atoms with Crippen LogP contribution >= 0.6 is 0 Å². The van der Waals surface area contributed by atoms with E-state index in [1.807, 2.05) is 0 Å². The molecule has 0 aliphatic heterocycles. The minimum absolute atomic E-state index is 0.549. The Balaban J connectivity index is 1.41.